The van der Waals surface area contributed by atoms with Gasteiger partial charge in [-0.05, 0) is 37.1 Å². The number of halogens is 1. The fraction of sp³-hybridized carbons (Fsp3) is 0.333. The van der Waals surface area contributed by atoms with Crippen LogP contribution >= 0.6 is 15.9 Å². The monoisotopic (exact) mass is 294 g/mol. The summed E-state index contributed by atoms with van der Waals surface area (Å²) in [5.74, 6) is 0. The van der Waals surface area contributed by atoms with Gasteiger partial charge in [0.25, 0.3) is 0 Å². The van der Waals surface area contributed by atoms with E-state index in [-0.39, 0.29) is 0 Å². The van der Waals surface area contributed by atoms with Crippen molar-refractivity contribution in [2.45, 2.75) is 18.8 Å². The molecule has 0 bridgehead atoms. The number of benzene rings is 1. The fourth-order valence-corrected chi connectivity index (χ4v) is 2.45. The van der Waals surface area contributed by atoms with Gasteiger partial charge in [-0.3, -0.25) is 4.90 Å². The Morgan fingerprint density at radius 2 is 2.35 bits per heavy atom. The van der Waals surface area contributed by atoms with E-state index >= 15 is 0 Å². The quantitative estimate of drug-likeness (QED) is 0.799. The topological polar surface area (TPSA) is 64.3 Å². The van der Waals surface area contributed by atoms with Gasteiger partial charge in [0.05, 0.1) is 17.2 Å². The van der Waals surface area contributed by atoms with Crippen molar-refractivity contribution in [3.8, 4) is 6.07 Å². The Morgan fingerprint density at radius 1 is 1.65 bits per heavy atom. The predicted molar refractivity (Wildman–Crippen MR) is 67.1 cm³/mol. The molecule has 0 fully saturated rings. The fourth-order valence-electron chi connectivity index (χ4n) is 2.09. The van der Waals surface area contributed by atoms with Crippen LogP contribution < -0.4 is 4.90 Å². The van der Waals surface area contributed by atoms with E-state index in [0.717, 1.165) is 10.0 Å². The molecule has 1 aliphatic rings. The molecule has 0 aromatic heterocycles. The third-order valence-electron chi connectivity index (χ3n) is 3.16. The van der Waals surface area contributed by atoms with Crippen LogP contribution in [-0.2, 0) is 5.41 Å². The number of anilines is 1. The van der Waals surface area contributed by atoms with E-state index in [2.05, 4.69) is 22.0 Å². The van der Waals surface area contributed by atoms with Crippen LogP contribution in [0.2, 0.25) is 0 Å². The zero-order valence-corrected chi connectivity index (χ0v) is 10.9. The van der Waals surface area contributed by atoms with Gasteiger partial charge in [0.2, 0.25) is 0 Å². The number of nitriles is 1. The van der Waals surface area contributed by atoms with Crippen molar-refractivity contribution >= 4 is 27.7 Å². The molecule has 1 heterocycles. The first-order chi connectivity index (χ1) is 7.98. The van der Waals surface area contributed by atoms with Gasteiger partial charge in [0, 0.05) is 11.0 Å². The van der Waals surface area contributed by atoms with E-state index in [0.29, 0.717) is 18.7 Å². The lowest BCUT2D eigenvalue weighted by Crippen LogP contribution is -2.40. The van der Waals surface area contributed by atoms with Crippen molar-refractivity contribution in [1.82, 2.24) is 0 Å². The smallest absolute Gasteiger partial charge is 0.411 e. The van der Waals surface area contributed by atoms with E-state index < -0.39 is 11.5 Å². The molecule has 1 N–H and O–H groups in total. The van der Waals surface area contributed by atoms with Crippen LogP contribution in [0.5, 0.6) is 0 Å². The van der Waals surface area contributed by atoms with Gasteiger partial charge in [-0.25, -0.2) is 4.79 Å². The molecule has 1 amide bonds. The molecular weight excluding hydrogens is 284 g/mol. The third-order valence-corrected chi connectivity index (χ3v) is 3.65. The van der Waals surface area contributed by atoms with Crippen LogP contribution in [0.4, 0.5) is 10.5 Å². The summed E-state index contributed by atoms with van der Waals surface area (Å²) in [4.78, 5) is 12.4. The Morgan fingerprint density at radius 3 is 2.94 bits per heavy atom. The van der Waals surface area contributed by atoms with Crippen LogP contribution in [0.1, 0.15) is 18.9 Å². The van der Waals surface area contributed by atoms with Crippen LogP contribution in [0.15, 0.2) is 22.7 Å². The first kappa shape index (κ1) is 11.9. The molecule has 2 rings (SSSR count). The summed E-state index contributed by atoms with van der Waals surface area (Å²) >= 11 is 3.35. The Balaban J connectivity index is 2.63. The molecule has 0 radical (unpaired) electrons. The Bertz CT molecular complexity index is 524. The zero-order valence-electron chi connectivity index (χ0n) is 9.27. The number of hydrogen-bond acceptors (Lipinski definition) is 2. The first-order valence-corrected chi connectivity index (χ1v) is 5.99. The Labute approximate surface area is 108 Å². The number of rotatable bonds is 0. The number of carboxylic acid groups (broad SMARTS) is 1. The molecule has 1 atom stereocenters. The lowest BCUT2D eigenvalue weighted by Gasteiger charge is -2.35. The highest BCUT2D eigenvalue weighted by atomic mass is 79.9. The van der Waals surface area contributed by atoms with E-state index in [1.165, 1.54) is 4.90 Å². The molecule has 1 aliphatic heterocycles. The van der Waals surface area contributed by atoms with E-state index in [9.17, 15) is 10.1 Å². The lowest BCUT2D eigenvalue weighted by atomic mass is 9.77. The number of carbonyl (C=O) groups is 1. The lowest BCUT2D eigenvalue weighted by molar-refractivity contribution is 0.200. The van der Waals surface area contributed by atoms with Gasteiger partial charge in [0.15, 0.2) is 0 Å². The summed E-state index contributed by atoms with van der Waals surface area (Å²) in [5.41, 5.74) is 0.754. The van der Waals surface area contributed by atoms with Gasteiger partial charge >= 0.3 is 6.09 Å². The molecule has 0 aliphatic carbocycles. The van der Waals surface area contributed by atoms with E-state index in [1.807, 2.05) is 13.0 Å². The molecule has 1 aromatic rings. The maximum atomic E-state index is 11.1. The maximum absolute atomic E-state index is 11.1. The number of hydrogen-bond donors (Lipinski definition) is 1. The summed E-state index contributed by atoms with van der Waals surface area (Å²) in [6.07, 6.45) is -0.465. The summed E-state index contributed by atoms with van der Waals surface area (Å²) in [6, 6.07) is 7.64. The SMILES string of the molecule is CC1(C#N)CCN(C(=O)O)c2ccc(Br)cc21. The number of amides is 1. The second kappa shape index (κ2) is 4.04. The summed E-state index contributed by atoms with van der Waals surface area (Å²) < 4.78 is 0.852. The van der Waals surface area contributed by atoms with Gasteiger partial charge in [-0.15, -0.1) is 0 Å². The average molecular weight is 295 g/mol. The molecule has 0 spiro atoms. The van der Waals surface area contributed by atoms with Gasteiger partial charge < -0.3 is 5.11 Å². The van der Waals surface area contributed by atoms with Crippen LogP contribution in [0, 0.1) is 11.3 Å². The minimum absolute atomic E-state index is 0.355. The highest BCUT2D eigenvalue weighted by molar-refractivity contribution is 9.10. The van der Waals surface area contributed by atoms with Crippen molar-refractivity contribution < 1.29 is 9.90 Å². The van der Waals surface area contributed by atoms with Crippen LogP contribution in [0.25, 0.3) is 0 Å². The molecule has 1 aromatic carbocycles. The Hall–Kier alpha value is -1.54. The normalized spacial score (nSPS) is 22.8. The standard InChI is InChI=1S/C12H11BrN2O2/c1-12(7-14)4-5-15(11(16)17)10-3-2-8(13)6-9(10)12/h2-3,6H,4-5H2,1H3,(H,16,17). The number of nitrogens with zero attached hydrogens (tertiary/aromatic N) is 2. The largest absolute Gasteiger partial charge is 0.465 e. The molecular formula is C12H11BrN2O2. The molecule has 0 saturated carbocycles. The highest BCUT2D eigenvalue weighted by Crippen LogP contribution is 2.40. The van der Waals surface area contributed by atoms with Crippen molar-refractivity contribution in [3.63, 3.8) is 0 Å². The second-order valence-corrected chi connectivity index (χ2v) is 5.21. The zero-order chi connectivity index (χ0) is 12.6. The van der Waals surface area contributed by atoms with Crippen LogP contribution in [-0.4, -0.2) is 17.7 Å². The predicted octanol–water partition coefficient (Wildman–Crippen LogP) is 3.12. The minimum atomic E-state index is -0.978. The van der Waals surface area contributed by atoms with Gasteiger partial charge in [-0.2, -0.15) is 5.26 Å². The molecule has 4 nitrogen and oxygen atoms in total. The maximum Gasteiger partial charge on any atom is 0.411 e. The number of fused-ring (bicyclic) bond motifs is 1. The Kier molecular flexibility index (Phi) is 2.84. The van der Waals surface area contributed by atoms with Crippen molar-refractivity contribution in [2.24, 2.45) is 0 Å². The first-order valence-electron chi connectivity index (χ1n) is 5.20. The highest BCUT2D eigenvalue weighted by Gasteiger charge is 2.37. The molecule has 1 unspecified atom stereocenters. The van der Waals surface area contributed by atoms with E-state index in [1.54, 1.807) is 12.1 Å². The molecule has 17 heavy (non-hydrogen) atoms. The van der Waals surface area contributed by atoms with Crippen LogP contribution in [0.3, 0.4) is 0 Å². The van der Waals surface area contributed by atoms with E-state index in [4.69, 9.17) is 5.11 Å². The van der Waals surface area contributed by atoms with Crippen molar-refractivity contribution in [2.75, 3.05) is 11.4 Å². The summed E-state index contributed by atoms with van der Waals surface area (Å²) in [5, 5.41) is 18.4. The molecule has 0 saturated heterocycles. The van der Waals surface area contributed by atoms with Crippen molar-refractivity contribution in [3.05, 3.63) is 28.2 Å². The molecule has 88 valence electrons. The molecule has 5 heteroatoms. The second-order valence-electron chi connectivity index (χ2n) is 4.29. The summed E-state index contributed by atoms with van der Waals surface area (Å²) in [7, 11) is 0. The average Bonchev–Trinajstić information content (AvgIpc) is 2.30. The van der Waals surface area contributed by atoms with Gasteiger partial charge in [-0.1, -0.05) is 15.9 Å². The third kappa shape index (κ3) is 1.89. The minimum Gasteiger partial charge on any atom is -0.465 e. The van der Waals surface area contributed by atoms with Gasteiger partial charge in [0.1, 0.15) is 0 Å². The summed E-state index contributed by atoms with van der Waals surface area (Å²) in [6.45, 7) is 2.20. The van der Waals surface area contributed by atoms with Crippen molar-refractivity contribution in [1.29, 1.82) is 5.26 Å².